The second kappa shape index (κ2) is 10.5. The van der Waals surface area contributed by atoms with Crippen molar-refractivity contribution in [3.8, 4) is 0 Å². The monoisotopic (exact) mass is 459 g/mol. The molecule has 4 rings (SSSR count). The molecule has 0 spiro atoms. The van der Waals surface area contributed by atoms with Crippen molar-refractivity contribution in [1.82, 2.24) is 15.3 Å². The van der Waals surface area contributed by atoms with Crippen molar-refractivity contribution in [2.45, 2.75) is 50.2 Å². The van der Waals surface area contributed by atoms with Crippen LogP contribution in [0.5, 0.6) is 0 Å². The lowest BCUT2D eigenvalue weighted by Crippen LogP contribution is -2.48. The van der Waals surface area contributed by atoms with Crippen LogP contribution in [0.15, 0.2) is 30.3 Å². The second-order valence-corrected chi connectivity index (χ2v) is 9.32. The van der Waals surface area contributed by atoms with Crippen LogP contribution >= 0.6 is 0 Å². The first-order valence-corrected chi connectivity index (χ1v) is 11.8. The normalized spacial score (nSPS) is 29.5. The highest BCUT2D eigenvalue weighted by Crippen LogP contribution is 2.36. The fourth-order valence-electron chi connectivity index (χ4n) is 5.30. The third kappa shape index (κ3) is 5.30. The Hall–Kier alpha value is -2.65. The molecule has 5 atom stereocenters. The van der Waals surface area contributed by atoms with Gasteiger partial charge < -0.3 is 19.3 Å². The summed E-state index contributed by atoms with van der Waals surface area (Å²) >= 11 is 0. The summed E-state index contributed by atoms with van der Waals surface area (Å²) in [5, 5.41) is 9.29. The van der Waals surface area contributed by atoms with Crippen molar-refractivity contribution in [1.29, 1.82) is 0 Å². The van der Waals surface area contributed by atoms with Gasteiger partial charge in [0.1, 0.15) is 6.10 Å². The summed E-state index contributed by atoms with van der Waals surface area (Å²) < 4.78 is 11.0. The van der Waals surface area contributed by atoms with E-state index in [-0.39, 0.29) is 24.3 Å². The Balaban J connectivity index is 1.37. The number of nitrogens with zero attached hydrogens (tertiary/aromatic N) is 2. The van der Waals surface area contributed by atoms with Gasteiger partial charge in [-0.2, -0.15) is 0 Å². The number of amides is 3. The van der Waals surface area contributed by atoms with E-state index in [1.807, 2.05) is 23.1 Å². The average Bonchev–Trinajstić information content (AvgIpc) is 3.56. The van der Waals surface area contributed by atoms with Crippen LogP contribution in [-0.2, 0) is 19.1 Å². The van der Waals surface area contributed by atoms with E-state index in [9.17, 15) is 19.6 Å². The highest BCUT2D eigenvalue weighted by atomic mass is 16.6. The molecule has 1 aromatic carbocycles. The lowest BCUT2D eigenvalue weighted by Gasteiger charge is -2.36. The molecule has 0 aromatic heterocycles. The zero-order valence-electron chi connectivity index (χ0n) is 19.0. The number of ether oxygens (including phenoxy) is 2. The van der Waals surface area contributed by atoms with E-state index in [0.717, 1.165) is 12.8 Å². The lowest BCUT2D eigenvalue weighted by molar-refractivity contribution is -0.148. The molecular weight excluding hydrogens is 426 g/mol. The fraction of sp³-hybridized carbons (Fsp3) is 0.625. The van der Waals surface area contributed by atoms with Gasteiger partial charge in [0.15, 0.2) is 0 Å². The standard InChI is InChI=1S/C24H33N3O6/c1-26(18-10-12-32-15-18)24(30)33-19-7-8-20(21(13-19)22(28)25-31)23(29)27-11-9-17(14-27)16-5-3-2-4-6-16/h2-6,17-21,31H,7-15H2,1H3,(H,25,28)/t17-,18+,19?,20-,21-/m0/s1. The molecule has 1 unspecified atom stereocenters. The van der Waals surface area contributed by atoms with Crippen LogP contribution in [0.2, 0.25) is 0 Å². The quantitative estimate of drug-likeness (QED) is 0.516. The Bertz CT molecular complexity index is 844. The molecule has 0 radical (unpaired) electrons. The first-order chi connectivity index (χ1) is 16.0. The molecule has 9 heteroatoms. The van der Waals surface area contributed by atoms with E-state index in [1.54, 1.807) is 17.4 Å². The largest absolute Gasteiger partial charge is 0.446 e. The molecule has 3 fully saturated rings. The van der Waals surface area contributed by atoms with Crippen LogP contribution in [0.25, 0.3) is 0 Å². The average molecular weight is 460 g/mol. The molecule has 2 heterocycles. The number of likely N-dealkylation sites (N-methyl/N-ethyl adjacent to an activating group) is 1. The summed E-state index contributed by atoms with van der Waals surface area (Å²) in [5.41, 5.74) is 2.92. The lowest BCUT2D eigenvalue weighted by atomic mass is 9.76. The molecule has 0 bridgehead atoms. The van der Waals surface area contributed by atoms with Crippen molar-refractivity contribution in [3.63, 3.8) is 0 Å². The summed E-state index contributed by atoms with van der Waals surface area (Å²) in [7, 11) is 1.69. The van der Waals surface area contributed by atoms with Crippen LogP contribution < -0.4 is 5.48 Å². The molecule has 180 valence electrons. The summed E-state index contributed by atoms with van der Waals surface area (Å²) in [6.45, 7) is 2.38. The Kier molecular flexibility index (Phi) is 7.49. The maximum Gasteiger partial charge on any atom is 0.410 e. The third-order valence-corrected chi connectivity index (χ3v) is 7.35. The first-order valence-electron chi connectivity index (χ1n) is 11.8. The number of carbonyl (C=O) groups excluding carboxylic acids is 3. The molecule has 3 amide bonds. The van der Waals surface area contributed by atoms with Crippen LogP contribution in [0.3, 0.4) is 0 Å². The fourth-order valence-corrected chi connectivity index (χ4v) is 5.30. The molecule has 1 aliphatic carbocycles. The number of nitrogens with one attached hydrogen (secondary N) is 1. The smallest absolute Gasteiger partial charge is 0.410 e. The van der Waals surface area contributed by atoms with Gasteiger partial charge in [0.05, 0.1) is 24.5 Å². The second-order valence-electron chi connectivity index (χ2n) is 9.32. The molecule has 2 aliphatic heterocycles. The zero-order chi connectivity index (χ0) is 23.4. The van der Waals surface area contributed by atoms with E-state index in [4.69, 9.17) is 9.47 Å². The Morgan fingerprint density at radius 3 is 2.61 bits per heavy atom. The van der Waals surface area contributed by atoms with Gasteiger partial charge in [-0.25, -0.2) is 10.3 Å². The van der Waals surface area contributed by atoms with Crippen molar-refractivity contribution in [2.24, 2.45) is 11.8 Å². The highest BCUT2D eigenvalue weighted by Gasteiger charge is 2.43. The maximum absolute atomic E-state index is 13.4. The number of likely N-dealkylation sites (tertiary alicyclic amines) is 1. The van der Waals surface area contributed by atoms with E-state index < -0.39 is 29.9 Å². The van der Waals surface area contributed by atoms with Crippen molar-refractivity contribution in [2.75, 3.05) is 33.4 Å². The first kappa shape index (κ1) is 23.5. The summed E-state index contributed by atoms with van der Waals surface area (Å²) in [5.74, 6) is -1.67. The highest BCUT2D eigenvalue weighted by molar-refractivity contribution is 5.87. The third-order valence-electron chi connectivity index (χ3n) is 7.35. The van der Waals surface area contributed by atoms with Crippen LogP contribution in [0.4, 0.5) is 4.79 Å². The molecule has 1 aromatic rings. The minimum Gasteiger partial charge on any atom is -0.446 e. The molecule has 2 N–H and O–H groups in total. The predicted molar refractivity (Wildman–Crippen MR) is 118 cm³/mol. The number of hydrogen-bond donors (Lipinski definition) is 2. The van der Waals surface area contributed by atoms with Crippen LogP contribution in [0.1, 0.15) is 43.6 Å². The van der Waals surface area contributed by atoms with E-state index in [1.165, 1.54) is 5.56 Å². The molecule has 33 heavy (non-hydrogen) atoms. The SMILES string of the molecule is CN(C(=O)OC1CC[C@H](C(=O)N2CC[C@H](c3ccccc3)C2)[C@@H](C(=O)NO)C1)[C@@H]1CCOC1. The number of rotatable bonds is 5. The van der Waals surface area contributed by atoms with Crippen LogP contribution in [-0.4, -0.2) is 78.4 Å². The maximum atomic E-state index is 13.4. The van der Waals surface area contributed by atoms with Gasteiger partial charge in [-0.05, 0) is 37.7 Å². The summed E-state index contributed by atoms with van der Waals surface area (Å²) in [4.78, 5) is 41.7. The minimum absolute atomic E-state index is 0.0142. The Morgan fingerprint density at radius 1 is 1.12 bits per heavy atom. The summed E-state index contributed by atoms with van der Waals surface area (Å²) in [6, 6.07) is 10.1. The Labute approximate surface area is 194 Å². The van der Waals surface area contributed by atoms with Gasteiger partial charge in [0.2, 0.25) is 11.8 Å². The number of hydrogen-bond acceptors (Lipinski definition) is 6. The Morgan fingerprint density at radius 2 is 1.91 bits per heavy atom. The van der Waals surface area contributed by atoms with Crippen molar-refractivity contribution in [3.05, 3.63) is 35.9 Å². The van der Waals surface area contributed by atoms with Gasteiger partial charge in [0, 0.05) is 32.7 Å². The number of hydroxylamine groups is 1. The molecule has 1 saturated carbocycles. The topological polar surface area (TPSA) is 108 Å². The minimum atomic E-state index is -0.745. The van der Waals surface area contributed by atoms with Crippen LogP contribution in [0, 0.1) is 11.8 Å². The van der Waals surface area contributed by atoms with Gasteiger partial charge in [-0.3, -0.25) is 14.8 Å². The van der Waals surface area contributed by atoms with Crippen molar-refractivity contribution >= 4 is 17.9 Å². The number of benzene rings is 1. The number of carbonyl (C=O) groups is 3. The van der Waals surface area contributed by atoms with E-state index in [0.29, 0.717) is 39.1 Å². The molecule has 2 saturated heterocycles. The van der Waals surface area contributed by atoms with Gasteiger partial charge in [-0.15, -0.1) is 0 Å². The van der Waals surface area contributed by atoms with Crippen molar-refractivity contribution < 1.29 is 29.1 Å². The predicted octanol–water partition coefficient (Wildman–Crippen LogP) is 2.15. The van der Waals surface area contributed by atoms with E-state index in [2.05, 4.69) is 12.1 Å². The molecule has 9 nitrogen and oxygen atoms in total. The molecule has 3 aliphatic rings. The van der Waals surface area contributed by atoms with Gasteiger partial charge in [-0.1, -0.05) is 30.3 Å². The van der Waals surface area contributed by atoms with E-state index >= 15 is 0 Å². The van der Waals surface area contributed by atoms with Gasteiger partial charge in [0.25, 0.3) is 0 Å². The molecular formula is C24H33N3O6. The summed E-state index contributed by atoms with van der Waals surface area (Å²) in [6.07, 6.45) is 1.86. The zero-order valence-corrected chi connectivity index (χ0v) is 19.0. The van der Waals surface area contributed by atoms with Gasteiger partial charge >= 0.3 is 6.09 Å².